The molecule has 1 aromatic carbocycles. The lowest BCUT2D eigenvalue weighted by Gasteiger charge is -2.27. The number of phenols is 1. The van der Waals surface area contributed by atoms with Crippen LogP contribution in [0.4, 0.5) is 5.82 Å². The molecule has 1 aromatic heterocycles. The summed E-state index contributed by atoms with van der Waals surface area (Å²) in [6, 6.07) is 3.10. The summed E-state index contributed by atoms with van der Waals surface area (Å²) >= 11 is 0. The summed E-state index contributed by atoms with van der Waals surface area (Å²) in [5, 5.41) is 12.7. The van der Waals surface area contributed by atoms with Crippen molar-refractivity contribution >= 4 is 11.7 Å². The van der Waals surface area contributed by atoms with E-state index in [1.54, 1.807) is 12.1 Å². The number of rotatable bonds is 3. The van der Waals surface area contributed by atoms with Crippen molar-refractivity contribution in [2.24, 2.45) is 14.1 Å². The van der Waals surface area contributed by atoms with Gasteiger partial charge in [0.2, 0.25) is 11.7 Å². The van der Waals surface area contributed by atoms with Crippen LogP contribution in [-0.4, -0.2) is 34.4 Å². The van der Waals surface area contributed by atoms with Crippen molar-refractivity contribution in [2.75, 3.05) is 19.5 Å². The first kappa shape index (κ1) is 17.6. The van der Waals surface area contributed by atoms with Gasteiger partial charge in [0.1, 0.15) is 5.82 Å². The second-order valence-corrected chi connectivity index (χ2v) is 6.05. The number of nitrogens with one attached hydrogen (secondary N) is 1. The van der Waals surface area contributed by atoms with Gasteiger partial charge in [-0.15, -0.1) is 0 Å². The number of carbonyl (C=O) groups is 1. The molecule has 0 aliphatic carbocycles. The third-order valence-corrected chi connectivity index (χ3v) is 4.60. The third kappa shape index (κ3) is 2.52. The average Bonchev–Trinajstić information content (AvgIpc) is 2.64. The van der Waals surface area contributed by atoms with Gasteiger partial charge in [-0.25, -0.2) is 4.79 Å². The first-order valence-corrected chi connectivity index (χ1v) is 7.84. The molecule has 138 valence electrons. The quantitative estimate of drug-likeness (QED) is 0.812. The van der Waals surface area contributed by atoms with Crippen LogP contribution in [0.5, 0.6) is 17.2 Å². The van der Waals surface area contributed by atoms with Gasteiger partial charge in [-0.2, -0.15) is 0 Å². The van der Waals surface area contributed by atoms with Crippen molar-refractivity contribution in [3.63, 3.8) is 0 Å². The fourth-order valence-corrected chi connectivity index (χ4v) is 3.21. The summed E-state index contributed by atoms with van der Waals surface area (Å²) in [6.07, 6.45) is 0.0114. The number of nitrogens with zero attached hydrogens (tertiary/aromatic N) is 2. The van der Waals surface area contributed by atoms with Crippen molar-refractivity contribution in [2.45, 2.75) is 12.3 Å². The Labute approximate surface area is 148 Å². The first-order valence-electron chi connectivity index (χ1n) is 7.84. The van der Waals surface area contributed by atoms with E-state index in [1.165, 1.54) is 32.9 Å². The Morgan fingerprint density at radius 2 is 1.65 bits per heavy atom. The van der Waals surface area contributed by atoms with Crippen molar-refractivity contribution in [3.8, 4) is 17.2 Å². The van der Waals surface area contributed by atoms with Gasteiger partial charge in [0, 0.05) is 26.4 Å². The third-order valence-electron chi connectivity index (χ3n) is 4.60. The Morgan fingerprint density at radius 3 is 2.19 bits per heavy atom. The van der Waals surface area contributed by atoms with Crippen LogP contribution in [0.3, 0.4) is 0 Å². The van der Waals surface area contributed by atoms with Gasteiger partial charge in [0.05, 0.1) is 19.8 Å². The monoisotopic (exact) mass is 361 g/mol. The minimum Gasteiger partial charge on any atom is -0.502 e. The zero-order chi connectivity index (χ0) is 19.2. The molecular formula is C17H19N3O6. The van der Waals surface area contributed by atoms with Gasteiger partial charge in [0.15, 0.2) is 11.5 Å². The van der Waals surface area contributed by atoms with E-state index in [1.807, 2.05) is 0 Å². The molecule has 0 radical (unpaired) electrons. The number of aromatic nitrogens is 2. The van der Waals surface area contributed by atoms with E-state index >= 15 is 0 Å². The van der Waals surface area contributed by atoms with Crippen LogP contribution in [0, 0.1) is 0 Å². The van der Waals surface area contributed by atoms with Crippen molar-refractivity contribution < 1.29 is 19.4 Å². The van der Waals surface area contributed by atoms with Crippen LogP contribution < -0.4 is 26.0 Å². The van der Waals surface area contributed by atoms with Crippen molar-refractivity contribution in [1.29, 1.82) is 0 Å². The average molecular weight is 361 g/mol. The fourth-order valence-electron chi connectivity index (χ4n) is 3.21. The van der Waals surface area contributed by atoms with Crippen LogP contribution in [0.25, 0.3) is 0 Å². The highest BCUT2D eigenvalue weighted by Gasteiger charge is 2.33. The van der Waals surface area contributed by atoms with Crippen LogP contribution in [-0.2, 0) is 18.9 Å². The van der Waals surface area contributed by atoms with E-state index in [-0.39, 0.29) is 35.4 Å². The predicted octanol–water partition coefficient (Wildman–Crippen LogP) is 0.281. The standard InChI is InChI=1S/C17H19N3O6/c1-19-15-13(16(23)20(2)17(19)24)9(7-12(21)18-15)8-5-10(25-3)14(22)11(6-8)26-4/h5-6,9,22H,7H2,1-4H3,(H,18,21). The van der Waals surface area contributed by atoms with E-state index in [2.05, 4.69) is 5.32 Å². The molecule has 2 N–H and O–H groups in total. The van der Waals surface area contributed by atoms with Crippen LogP contribution in [0.1, 0.15) is 23.5 Å². The zero-order valence-electron chi connectivity index (χ0n) is 14.8. The van der Waals surface area contributed by atoms with Crippen molar-refractivity contribution in [3.05, 3.63) is 44.1 Å². The molecule has 0 bridgehead atoms. The van der Waals surface area contributed by atoms with E-state index in [0.717, 1.165) is 4.57 Å². The molecule has 1 aliphatic heterocycles. The summed E-state index contributed by atoms with van der Waals surface area (Å²) < 4.78 is 12.6. The molecule has 9 heteroatoms. The number of phenolic OH excluding ortho intramolecular Hbond substituents is 1. The Morgan fingerprint density at radius 1 is 1.08 bits per heavy atom. The second kappa shape index (κ2) is 6.25. The molecule has 9 nitrogen and oxygen atoms in total. The number of amides is 1. The predicted molar refractivity (Wildman–Crippen MR) is 93.2 cm³/mol. The van der Waals surface area contributed by atoms with Gasteiger partial charge in [-0.1, -0.05) is 0 Å². The minimum atomic E-state index is -0.618. The smallest absolute Gasteiger partial charge is 0.332 e. The molecule has 0 fully saturated rings. The Bertz CT molecular complexity index is 995. The van der Waals surface area contributed by atoms with Gasteiger partial charge in [0.25, 0.3) is 5.56 Å². The van der Waals surface area contributed by atoms with Crippen LogP contribution in [0.15, 0.2) is 21.7 Å². The SMILES string of the molecule is COc1cc(C2CC(=O)Nc3c2c(=O)n(C)c(=O)n3C)cc(OC)c1O. The number of methoxy groups -OCH3 is 2. The lowest BCUT2D eigenvalue weighted by molar-refractivity contribution is -0.116. The lowest BCUT2D eigenvalue weighted by atomic mass is 9.86. The maximum atomic E-state index is 12.7. The summed E-state index contributed by atoms with van der Waals surface area (Å²) in [6.45, 7) is 0. The fraction of sp³-hybridized carbons (Fsp3) is 0.353. The van der Waals surface area contributed by atoms with E-state index < -0.39 is 17.2 Å². The Balaban J connectivity index is 2.32. The molecular weight excluding hydrogens is 342 g/mol. The summed E-state index contributed by atoms with van der Waals surface area (Å²) in [4.78, 5) is 37.1. The molecule has 1 unspecified atom stereocenters. The highest BCUT2D eigenvalue weighted by molar-refractivity contribution is 5.94. The van der Waals surface area contributed by atoms with E-state index in [9.17, 15) is 19.5 Å². The molecule has 0 saturated carbocycles. The molecule has 1 aliphatic rings. The molecule has 1 amide bonds. The maximum absolute atomic E-state index is 12.7. The number of aromatic hydroxyl groups is 1. The van der Waals surface area contributed by atoms with Gasteiger partial charge in [-0.3, -0.25) is 18.7 Å². The molecule has 2 heterocycles. The highest BCUT2D eigenvalue weighted by Crippen LogP contribution is 2.42. The summed E-state index contributed by atoms with van der Waals surface area (Å²) in [5.41, 5.74) is -0.165. The van der Waals surface area contributed by atoms with E-state index in [0.29, 0.717) is 11.1 Å². The molecule has 26 heavy (non-hydrogen) atoms. The van der Waals surface area contributed by atoms with Crippen LogP contribution >= 0.6 is 0 Å². The highest BCUT2D eigenvalue weighted by atomic mass is 16.5. The zero-order valence-corrected chi connectivity index (χ0v) is 14.8. The molecule has 0 saturated heterocycles. The number of hydrogen-bond donors (Lipinski definition) is 2. The molecule has 1 atom stereocenters. The van der Waals surface area contributed by atoms with Gasteiger partial charge in [-0.05, 0) is 17.7 Å². The number of ether oxygens (including phenoxy) is 2. The largest absolute Gasteiger partial charge is 0.502 e. The number of hydrogen-bond acceptors (Lipinski definition) is 6. The topological polar surface area (TPSA) is 112 Å². The summed E-state index contributed by atoms with van der Waals surface area (Å²) in [5.74, 6) is -0.621. The lowest BCUT2D eigenvalue weighted by Crippen LogP contribution is -2.44. The number of benzene rings is 1. The normalized spacial score (nSPS) is 16.0. The van der Waals surface area contributed by atoms with Crippen LogP contribution in [0.2, 0.25) is 0 Å². The summed E-state index contributed by atoms with van der Waals surface area (Å²) in [7, 11) is 5.66. The van der Waals surface area contributed by atoms with Gasteiger partial charge >= 0.3 is 5.69 Å². The van der Waals surface area contributed by atoms with Crippen molar-refractivity contribution in [1.82, 2.24) is 9.13 Å². The molecule has 0 spiro atoms. The Kier molecular flexibility index (Phi) is 4.23. The number of fused-ring (bicyclic) bond motifs is 1. The van der Waals surface area contributed by atoms with Gasteiger partial charge < -0.3 is 19.9 Å². The number of carbonyl (C=O) groups excluding carboxylic acids is 1. The van der Waals surface area contributed by atoms with E-state index in [4.69, 9.17) is 9.47 Å². The minimum absolute atomic E-state index is 0.0114. The number of anilines is 1. The molecule has 2 aromatic rings. The maximum Gasteiger partial charge on any atom is 0.332 e. The molecule has 3 rings (SSSR count). The first-order chi connectivity index (χ1) is 12.3. The second-order valence-electron chi connectivity index (χ2n) is 6.05. The Hall–Kier alpha value is -3.23.